The van der Waals surface area contributed by atoms with E-state index in [1.807, 2.05) is 5.92 Å². The summed E-state index contributed by atoms with van der Waals surface area (Å²) in [4.78, 5) is 32.9. The van der Waals surface area contributed by atoms with Crippen molar-refractivity contribution in [3.8, 4) is 12.3 Å². The Morgan fingerprint density at radius 1 is 1.28 bits per heavy atom. The second-order valence-electron chi connectivity index (χ2n) is 3.35. The third-order valence-corrected chi connectivity index (χ3v) is 1.95. The number of nitrogens with one attached hydrogen (secondary N) is 2. The predicted molar refractivity (Wildman–Crippen MR) is 65.2 cm³/mol. The van der Waals surface area contributed by atoms with Crippen molar-refractivity contribution in [1.29, 1.82) is 0 Å². The molecule has 0 bridgehead atoms. The maximum atomic E-state index is 11.0. The molecule has 1 aromatic rings. The van der Waals surface area contributed by atoms with Gasteiger partial charge in [-0.2, -0.15) is 0 Å². The summed E-state index contributed by atoms with van der Waals surface area (Å²) in [6, 6.07) is 4.04. The molecule has 92 valence electrons. The third-order valence-electron chi connectivity index (χ3n) is 1.95. The molecule has 0 spiro atoms. The monoisotopic (exact) mass is 246 g/mol. The number of hydrogen-bond acceptors (Lipinski definition) is 3. The molecule has 1 aromatic carbocycles. The van der Waals surface area contributed by atoms with Crippen LogP contribution in [0, 0.1) is 12.3 Å². The van der Waals surface area contributed by atoms with E-state index < -0.39 is 11.9 Å². The van der Waals surface area contributed by atoms with Crippen LogP contribution in [0.3, 0.4) is 0 Å². The highest BCUT2D eigenvalue weighted by Gasteiger charge is 2.13. The van der Waals surface area contributed by atoms with Gasteiger partial charge in [0.1, 0.15) is 0 Å². The average Bonchev–Trinajstić information content (AvgIpc) is 2.29. The molecule has 0 aliphatic heterocycles. The van der Waals surface area contributed by atoms with Gasteiger partial charge in [0, 0.05) is 12.6 Å². The van der Waals surface area contributed by atoms with Gasteiger partial charge < -0.3 is 15.7 Å². The van der Waals surface area contributed by atoms with Crippen molar-refractivity contribution in [3.63, 3.8) is 0 Å². The summed E-state index contributed by atoms with van der Waals surface area (Å²) in [5.74, 6) is -0.500. The number of aromatic carboxylic acids is 1. The second-order valence-corrected chi connectivity index (χ2v) is 3.35. The van der Waals surface area contributed by atoms with Crippen LogP contribution in [0.15, 0.2) is 18.2 Å². The number of hydrogen-bond donors (Lipinski definition) is 3. The van der Waals surface area contributed by atoms with Crippen molar-refractivity contribution in [1.82, 2.24) is 0 Å². The van der Waals surface area contributed by atoms with Crippen LogP contribution in [0.1, 0.15) is 17.3 Å². The van der Waals surface area contributed by atoms with Gasteiger partial charge in [0.2, 0.25) is 5.91 Å². The summed E-state index contributed by atoms with van der Waals surface area (Å²) in [7, 11) is 0. The molecule has 0 aliphatic rings. The highest BCUT2D eigenvalue weighted by molar-refractivity contribution is 6.07. The molecule has 6 nitrogen and oxygen atoms in total. The van der Waals surface area contributed by atoms with Crippen LogP contribution in [-0.2, 0) is 9.59 Å². The molecule has 0 aliphatic carbocycles. The maximum Gasteiger partial charge on any atom is 0.337 e. The minimum atomic E-state index is -1.24. The van der Waals surface area contributed by atoms with Crippen LogP contribution >= 0.6 is 0 Å². The summed E-state index contributed by atoms with van der Waals surface area (Å²) >= 11 is 0. The van der Waals surface area contributed by atoms with Crippen LogP contribution in [-0.4, -0.2) is 22.9 Å². The smallest absolute Gasteiger partial charge is 0.337 e. The normalized spacial score (nSPS) is 9.11. The number of terminal acetylenes is 1. The molecule has 0 fully saturated rings. The fourth-order valence-electron chi connectivity index (χ4n) is 1.27. The summed E-state index contributed by atoms with van der Waals surface area (Å²) < 4.78 is 0. The number of carbonyl (C=O) groups is 3. The van der Waals surface area contributed by atoms with Gasteiger partial charge in [-0.3, -0.25) is 9.59 Å². The molecule has 0 radical (unpaired) electrons. The van der Waals surface area contributed by atoms with Crippen LogP contribution in [0.5, 0.6) is 0 Å². The molecule has 3 N–H and O–H groups in total. The van der Waals surface area contributed by atoms with Crippen molar-refractivity contribution in [2.45, 2.75) is 6.92 Å². The Kier molecular flexibility index (Phi) is 4.05. The number of carboxylic acid groups (broad SMARTS) is 1. The molecular weight excluding hydrogens is 236 g/mol. The van der Waals surface area contributed by atoms with Gasteiger partial charge in [0.05, 0.1) is 11.3 Å². The first-order valence-electron chi connectivity index (χ1n) is 4.86. The molecule has 0 saturated carbocycles. The van der Waals surface area contributed by atoms with Gasteiger partial charge in [-0.25, -0.2) is 4.79 Å². The number of rotatable bonds is 3. The van der Waals surface area contributed by atoms with Gasteiger partial charge in [0.15, 0.2) is 0 Å². The zero-order valence-electron chi connectivity index (χ0n) is 9.48. The van der Waals surface area contributed by atoms with Crippen molar-refractivity contribution in [2.24, 2.45) is 0 Å². The predicted octanol–water partition coefficient (Wildman–Crippen LogP) is 0.915. The number of carbonyl (C=O) groups excluding carboxylic acids is 2. The Morgan fingerprint density at radius 2 is 1.94 bits per heavy atom. The van der Waals surface area contributed by atoms with Gasteiger partial charge in [-0.05, 0) is 24.1 Å². The lowest BCUT2D eigenvalue weighted by molar-refractivity contribution is -0.114. The summed E-state index contributed by atoms with van der Waals surface area (Å²) in [5.41, 5.74) is 0.225. The summed E-state index contributed by atoms with van der Waals surface area (Å²) in [6.07, 6.45) is 4.88. The minimum absolute atomic E-state index is 0.0690. The SMILES string of the molecule is C#CC(=O)Nc1ccc(NC(C)=O)cc1C(=O)O. The zero-order chi connectivity index (χ0) is 13.7. The van der Waals surface area contributed by atoms with Gasteiger partial charge >= 0.3 is 5.97 Å². The molecule has 0 aromatic heterocycles. The Morgan fingerprint density at radius 3 is 2.44 bits per heavy atom. The fourth-order valence-corrected chi connectivity index (χ4v) is 1.27. The van der Waals surface area contributed by atoms with E-state index in [9.17, 15) is 14.4 Å². The van der Waals surface area contributed by atoms with E-state index in [-0.39, 0.29) is 17.2 Å². The number of amides is 2. The lowest BCUT2D eigenvalue weighted by atomic mass is 10.1. The molecule has 1 rings (SSSR count). The first-order chi connectivity index (χ1) is 8.43. The van der Waals surface area contributed by atoms with Gasteiger partial charge in [-0.15, -0.1) is 6.42 Å². The maximum absolute atomic E-state index is 11.0. The largest absolute Gasteiger partial charge is 0.478 e. The summed E-state index contributed by atoms with van der Waals surface area (Å²) in [5, 5.41) is 13.7. The van der Waals surface area contributed by atoms with Crippen molar-refractivity contribution < 1.29 is 19.5 Å². The highest BCUT2D eigenvalue weighted by Crippen LogP contribution is 2.20. The Bertz CT molecular complexity index is 558. The van der Waals surface area contributed by atoms with Crippen molar-refractivity contribution in [3.05, 3.63) is 23.8 Å². The number of benzene rings is 1. The van der Waals surface area contributed by atoms with Crippen LogP contribution in [0.2, 0.25) is 0 Å². The standard InChI is InChI=1S/C12H10N2O4/c1-3-11(16)14-10-5-4-8(13-7(2)15)6-9(10)12(17)18/h1,4-6H,2H3,(H,13,15)(H,14,16)(H,17,18). The molecule has 0 unspecified atom stereocenters. The average molecular weight is 246 g/mol. The minimum Gasteiger partial charge on any atom is -0.478 e. The Balaban J connectivity index is 3.13. The lowest BCUT2D eigenvalue weighted by Gasteiger charge is -2.08. The van der Waals surface area contributed by atoms with E-state index in [0.717, 1.165) is 0 Å². The van der Waals surface area contributed by atoms with Crippen molar-refractivity contribution >= 4 is 29.2 Å². The molecule has 6 heteroatoms. The molecule has 18 heavy (non-hydrogen) atoms. The zero-order valence-corrected chi connectivity index (χ0v) is 9.48. The number of carboxylic acids is 1. The molecule has 2 amide bonds. The van der Waals surface area contributed by atoms with E-state index in [4.69, 9.17) is 11.5 Å². The molecule has 0 atom stereocenters. The van der Waals surface area contributed by atoms with E-state index in [2.05, 4.69) is 10.6 Å². The lowest BCUT2D eigenvalue weighted by Crippen LogP contribution is -2.13. The van der Waals surface area contributed by atoms with Crippen molar-refractivity contribution in [2.75, 3.05) is 10.6 Å². The number of anilines is 2. The van der Waals surface area contributed by atoms with E-state index in [1.165, 1.54) is 25.1 Å². The Labute approximate surface area is 103 Å². The van der Waals surface area contributed by atoms with E-state index in [1.54, 1.807) is 0 Å². The first kappa shape index (κ1) is 13.3. The second kappa shape index (κ2) is 5.50. The third kappa shape index (κ3) is 3.35. The topological polar surface area (TPSA) is 95.5 Å². The van der Waals surface area contributed by atoms with E-state index >= 15 is 0 Å². The van der Waals surface area contributed by atoms with Gasteiger partial charge in [0.25, 0.3) is 5.91 Å². The fraction of sp³-hybridized carbons (Fsp3) is 0.0833. The van der Waals surface area contributed by atoms with Crippen LogP contribution in [0.4, 0.5) is 11.4 Å². The van der Waals surface area contributed by atoms with Gasteiger partial charge in [-0.1, -0.05) is 0 Å². The molecule has 0 saturated heterocycles. The van der Waals surface area contributed by atoms with E-state index in [0.29, 0.717) is 5.69 Å². The van der Waals surface area contributed by atoms with Crippen LogP contribution < -0.4 is 10.6 Å². The van der Waals surface area contributed by atoms with Crippen LogP contribution in [0.25, 0.3) is 0 Å². The quantitative estimate of drug-likeness (QED) is 0.691. The highest BCUT2D eigenvalue weighted by atomic mass is 16.4. The summed E-state index contributed by atoms with van der Waals surface area (Å²) in [6.45, 7) is 1.30. The first-order valence-corrected chi connectivity index (χ1v) is 4.86. The molecular formula is C12H10N2O4. The Hall–Kier alpha value is -2.81. The molecule has 0 heterocycles.